The summed E-state index contributed by atoms with van der Waals surface area (Å²) >= 11 is 3.47. The Morgan fingerprint density at radius 3 is 2.67 bits per heavy atom. The molecule has 2 rings (SSSR count). The number of halogens is 1. The summed E-state index contributed by atoms with van der Waals surface area (Å²) in [6.45, 7) is 6.61. The largest absolute Gasteiger partial charge is 0.332 e. The lowest BCUT2D eigenvalue weighted by Gasteiger charge is -2.27. The zero-order valence-corrected chi connectivity index (χ0v) is 14.1. The molecule has 0 atom stereocenters. The first-order valence-corrected chi connectivity index (χ1v) is 7.74. The summed E-state index contributed by atoms with van der Waals surface area (Å²) in [6, 6.07) is 9.71. The van der Waals surface area contributed by atoms with Crippen LogP contribution in [0.15, 0.2) is 47.2 Å². The van der Waals surface area contributed by atoms with Crippen LogP contribution in [0.3, 0.4) is 0 Å². The Kier molecular flexibility index (Phi) is 5.12. The summed E-state index contributed by atoms with van der Waals surface area (Å²) in [7, 11) is 0. The molecule has 4 heteroatoms. The molecule has 1 amide bonds. The van der Waals surface area contributed by atoms with Crippen LogP contribution in [0, 0.1) is 6.92 Å². The van der Waals surface area contributed by atoms with Crippen molar-refractivity contribution in [2.45, 2.75) is 33.4 Å². The van der Waals surface area contributed by atoms with Gasteiger partial charge in [-0.1, -0.05) is 22.0 Å². The van der Waals surface area contributed by atoms with Crippen molar-refractivity contribution in [3.8, 4) is 0 Å². The summed E-state index contributed by atoms with van der Waals surface area (Å²) in [5.41, 5.74) is 2.81. The third-order valence-electron chi connectivity index (χ3n) is 3.36. The molecule has 1 aromatic heterocycles. The number of amides is 1. The molecule has 3 nitrogen and oxygen atoms in total. The average Bonchev–Trinajstić information content (AvgIpc) is 2.47. The first kappa shape index (κ1) is 15.7. The van der Waals surface area contributed by atoms with Gasteiger partial charge in [0.15, 0.2) is 0 Å². The molecular weight excluding hydrogens is 328 g/mol. The van der Waals surface area contributed by atoms with Crippen LogP contribution in [0.1, 0.15) is 35.3 Å². The average molecular weight is 347 g/mol. The van der Waals surface area contributed by atoms with Gasteiger partial charge in [-0.05, 0) is 56.2 Å². The normalized spacial score (nSPS) is 10.7. The van der Waals surface area contributed by atoms with Crippen LogP contribution in [-0.4, -0.2) is 21.8 Å². The van der Waals surface area contributed by atoms with Gasteiger partial charge in [0.05, 0.1) is 0 Å². The predicted molar refractivity (Wildman–Crippen MR) is 88.1 cm³/mol. The van der Waals surface area contributed by atoms with E-state index in [1.54, 1.807) is 12.4 Å². The second kappa shape index (κ2) is 6.85. The Balaban J connectivity index is 2.25. The maximum Gasteiger partial charge on any atom is 0.254 e. The number of nitrogens with zero attached hydrogens (tertiary/aromatic N) is 2. The first-order chi connectivity index (χ1) is 9.99. The minimum absolute atomic E-state index is 0.0458. The van der Waals surface area contributed by atoms with Gasteiger partial charge >= 0.3 is 0 Å². The zero-order chi connectivity index (χ0) is 15.4. The molecule has 110 valence electrons. The topological polar surface area (TPSA) is 33.2 Å². The van der Waals surface area contributed by atoms with E-state index in [4.69, 9.17) is 0 Å². The molecule has 0 N–H and O–H groups in total. The molecule has 0 spiro atoms. The second-order valence-corrected chi connectivity index (χ2v) is 6.21. The van der Waals surface area contributed by atoms with Crippen molar-refractivity contribution in [1.29, 1.82) is 0 Å². The number of hydrogen-bond acceptors (Lipinski definition) is 2. The van der Waals surface area contributed by atoms with Crippen molar-refractivity contribution in [2.24, 2.45) is 0 Å². The highest BCUT2D eigenvalue weighted by Gasteiger charge is 2.19. The van der Waals surface area contributed by atoms with E-state index in [1.165, 1.54) is 0 Å². The van der Waals surface area contributed by atoms with Crippen LogP contribution in [0.5, 0.6) is 0 Å². The number of carbonyl (C=O) groups is 1. The van der Waals surface area contributed by atoms with Crippen LogP contribution >= 0.6 is 15.9 Å². The fourth-order valence-corrected chi connectivity index (χ4v) is 2.37. The molecule has 0 saturated heterocycles. The van der Waals surface area contributed by atoms with Gasteiger partial charge in [-0.2, -0.15) is 0 Å². The highest BCUT2D eigenvalue weighted by Crippen LogP contribution is 2.19. The number of rotatable bonds is 4. The van der Waals surface area contributed by atoms with Gasteiger partial charge in [0, 0.05) is 35.0 Å². The van der Waals surface area contributed by atoms with E-state index in [0.29, 0.717) is 12.1 Å². The first-order valence-electron chi connectivity index (χ1n) is 6.95. The molecule has 0 saturated carbocycles. The highest BCUT2D eigenvalue weighted by atomic mass is 79.9. The summed E-state index contributed by atoms with van der Waals surface area (Å²) in [5.74, 6) is 0.0458. The molecule has 2 aromatic rings. The fourth-order valence-electron chi connectivity index (χ4n) is 2.12. The molecule has 1 heterocycles. The lowest BCUT2D eigenvalue weighted by atomic mass is 10.1. The van der Waals surface area contributed by atoms with E-state index >= 15 is 0 Å². The summed E-state index contributed by atoms with van der Waals surface area (Å²) in [6.07, 6.45) is 3.54. The van der Waals surface area contributed by atoms with E-state index in [1.807, 2.05) is 56.0 Å². The maximum absolute atomic E-state index is 12.7. The van der Waals surface area contributed by atoms with Gasteiger partial charge < -0.3 is 4.90 Å². The lowest BCUT2D eigenvalue weighted by molar-refractivity contribution is 0.0690. The SMILES string of the molecule is Cc1cc(C(=O)N(Cc2cccnc2)C(C)C)ccc1Br. The third kappa shape index (κ3) is 3.91. The summed E-state index contributed by atoms with van der Waals surface area (Å²) < 4.78 is 1.02. The Bertz CT molecular complexity index is 626. The molecular formula is C17H19BrN2O. The zero-order valence-electron chi connectivity index (χ0n) is 12.5. The molecule has 0 aliphatic heterocycles. The number of aromatic nitrogens is 1. The Morgan fingerprint density at radius 2 is 2.10 bits per heavy atom. The summed E-state index contributed by atoms with van der Waals surface area (Å²) in [5, 5.41) is 0. The standard InChI is InChI=1S/C17H19BrN2O/c1-12(2)20(11-14-5-4-8-19-10-14)17(21)15-6-7-16(18)13(3)9-15/h4-10,12H,11H2,1-3H3. The fraction of sp³-hybridized carbons (Fsp3) is 0.294. The Labute approximate surface area is 134 Å². The van der Waals surface area contributed by atoms with Crippen LogP contribution in [0.4, 0.5) is 0 Å². The van der Waals surface area contributed by atoms with Gasteiger partial charge in [-0.25, -0.2) is 0 Å². The van der Waals surface area contributed by atoms with E-state index in [2.05, 4.69) is 20.9 Å². The molecule has 0 unspecified atom stereocenters. The molecule has 0 bridgehead atoms. The van der Waals surface area contributed by atoms with Crippen LogP contribution in [-0.2, 0) is 6.54 Å². The maximum atomic E-state index is 12.7. The van der Waals surface area contributed by atoms with Crippen LogP contribution in [0.2, 0.25) is 0 Å². The third-order valence-corrected chi connectivity index (χ3v) is 4.25. The lowest BCUT2D eigenvalue weighted by Crippen LogP contribution is -2.36. The van der Waals surface area contributed by atoms with E-state index < -0.39 is 0 Å². The van der Waals surface area contributed by atoms with Crippen molar-refractivity contribution in [2.75, 3.05) is 0 Å². The van der Waals surface area contributed by atoms with Crippen molar-refractivity contribution in [3.05, 3.63) is 63.9 Å². The molecule has 0 aliphatic carbocycles. The van der Waals surface area contributed by atoms with Gasteiger partial charge in [-0.15, -0.1) is 0 Å². The Hall–Kier alpha value is -1.68. The van der Waals surface area contributed by atoms with Gasteiger partial charge in [0.25, 0.3) is 5.91 Å². The van der Waals surface area contributed by atoms with Crippen molar-refractivity contribution in [3.63, 3.8) is 0 Å². The minimum Gasteiger partial charge on any atom is -0.332 e. The summed E-state index contributed by atoms with van der Waals surface area (Å²) in [4.78, 5) is 18.7. The monoisotopic (exact) mass is 346 g/mol. The second-order valence-electron chi connectivity index (χ2n) is 5.35. The Morgan fingerprint density at radius 1 is 1.33 bits per heavy atom. The quantitative estimate of drug-likeness (QED) is 0.830. The molecule has 0 fully saturated rings. The van der Waals surface area contributed by atoms with Gasteiger partial charge in [0.1, 0.15) is 0 Å². The van der Waals surface area contributed by atoms with E-state index in [9.17, 15) is 4.79 Å². The molecule has 0 radical (unpaired) electrons. The van der Waals surface area contributed by atoms with Crippen LogP contribution < -0.4 is 0 Å². The minimum atomic E-state index is 0.0458. The van der Waals surface area contributed by atoms with Crippen molar-refractivity contribution < 1.29 is 4.79 Å². The molecule has 1 aromatic carbocycles. The smallest absolute Gasteiger partial charge is 0.254 e. The number of benzene rings is 1. The van der Waals surface area contributed by atoms with E-state index in [-0.39, 0.29) is 11.9 Å². The molecule has 21 heavy (non-hydrogen) atoms. The predicted octanol–water partition coefficient (Wildman–Crippen LogP) is 4.20. The number of pyridine rings is 1. The van der Waals surface area contributed by atoms with Crippen molar-refractivity contribution >= 4 is 21.8 Å². The van der Waals surface area contributed by atoms with Gasteiger partial charge in [-0.3, -0.25) is 9.78 Å². The number of aryl methyl sites for hydroxylation is 1. The van der Waals surface area contributed by atoms with E-state index in [0.717, 1.165) is 15.6 Å². The van der Waals surface area contributed by atoms with Crippen LogP contribution in [0.25, 0.3) is 0 Å². The highest BCUT2D eigenvalue weighted by molar-refractivity contribution is 9.10. The van der Waals surface area contributed by atoms with Crippen molar-refractivity contribution in [1.82, 2.24) is 9.88 Å². The number of carbonyl (C=O) groups excluding carboxylic acids is 1. The van der Waals surface area contributed by atoms with Gasteiger partial charge in [0.2, 0.25) is 0 Å². The molecule has 0 aliphatic rings. The number of hydrogen-bond donors (Lipinski definition) is 0.